The van der Waals surface area contributed by atoms with Crippen molar-refractivity contribution in [2.24, 2.45) is 0 Å². The fourth-order valence-corrected chi connectivity index (χ4v) is 2.68. The van der Waals surface area contributed by atoms with Gasteiger partial charge in [0.05, 0.1) is 6.10 Å². The van der Waals surface area contributed by atoms with Gasteiger partial charge in [-0.15, -0.1) is 0 Å². The topological polar surface area (TPSA) is 65.4 Å². The Morgan fingerprint density at radius 3 is 2.17 bits per heavy atom. The average Bonchev–Trinajstić information content (AvgIpc) is 2.27. The predicted molar refractivity (Wildman–Crippen MR) is 79.8 cm³/mol. The Morgan fingerprint density at radius 1 is 1.28 bits per heavy atom. The minimum Gasteiger partial charge on any atom is -0.462 e. The fourth-order valence-electron chi connectivity index (χ4n) is 0.911. The summed E-state index contributed by atoms with van der Waals surface area (Å²) in [6, 6.07) is -0.508. The van der Waals surface area contributed by atoms with E-state index in [2.05, 4.69) is 19.2 Å². The van der Waals surface area contributed by atoms with Crippen molar-refractivity contribution in [2.45, 2.75) is 46.6 Å². The van der Waals surface area contributed by atoms with E-state index in [9.17, 15) is 4.79 Å². The highest BCUT2D eigenvalue weighted by atomic mass is 32.2. The maximum Gasteiger partial charge on any atom is 0.345 e. The van der Waals surface area contributed by atoms with Gasteiger partial charge in [0.2, 0.25) is 0 Å². The summed E-state index contributed by atoms with van der Waals surface area (Å²) in [7, 11) is 0. The monoisotopic (exact) mass is 293 g/mol. The van der Waals surface area contributed by atoms with Crippen LogP contribution in [0.25, 0.3) is 0 Å². The Hall–Kier alpha value is -0.560. The molecule has 0 heterocycles. The molecule has 106 valence electrons. The molecule has 0 aromatic rings. The Labute approximate surface area is 118 Å². The van der Waals surface area contributed by atoms with Crippen LogP contribution in [0.3, 0.4) is 0 Å². The average molecular weight is 293 g/mol. The largest absolute Gasteiger partial charge is 0.462 e. The standard InChI is InChI=1S/C11H23N3O2S2/c1-5-7-17-14(18-8-6-2)11(15)13-10(12)16-9(3)4/h9H,5-8H2,1-4H3,(H2,12,13,15). The van der Waals surface area contributed by atoms with Crippen LogP contribution in [0.2, 0.25) is 0 Å². The maximum atomic E-state index is 11.9. The van der Waals surface area contributed by atoms with Gasteiger partial charge in [0.25, 0.3) is 6.02 Å². The third-order valence-corrected chi connectivity index (χ3v) is 4.18. The van der Waals surface area contributed by atoms with Crippen LogP contribution in [-0.2, 0) is 4.74 Å². The summed E-state index contributed by atoms with van der Waals surface area (Å²) in [5.74, 6) is 1.75. The van der Waals surface area contributed by atoms with E-state index in [-0.39, 0.29) is 18.2 Å². The van der Waals surface area contributed by atoms with Crippen LogP contribution in [-0.4, -0.2) is 33.4 Å². The number of urea groups is 1. The quantitative estimate of drug-likeness (QED) is 0.428. The number of amides is 2. The first-order valence-corrected chi connectivity index (χ1v) is 8.01. The maximum absolute atomic E-state index is 11.9. The van der Waals surface area contributed by atoms with E-state index in [4.69, 9.17) is 10.1 Å². The lowest BCUT2D eigenvalue weighted by Crippen LogP contribution is -2.38. The third kappa shape index (κ3) is 8.52. The second-order valence-electron chi connectivity index (χ2n) is 3.85. The molecule has 2 N–H and O–H groups in total. The highest BCUT2D eigenvalue weighted by molar-refractivity contribution is 8.12. The molecule has 0 bridgehead atoms. The van der Waals surface area contributed by atoms with Crippen LogP contribution in [0.15, 0.2) is 0 Å². The molecule has 2 amide bonds. The zero-order valence-electron chi connectivity index (χ0n) is 11.5. The van der Waals surface area contributed by atoms with Crippen molar-refractivity contribution in [1.29, 1.82) is 5.41 Å². The van der Waals surface area contributed by atoms with Gasteiger partial charge in [0, 0.05) is 11.5 Å². The summed E-state index contributed by atoms with van der Waals surface area (Å²) in [6.07, 6.45) is 1.89. The highest BCUT2D eigenvalue weighted by Gasteiger charge is 2.16. The molecule has 0 saturated carbocycles. The van der Waals surface area contributed by atoms with Crippen LogP contribution in [0.5, 0.6) is 0 Å². The van der Waals surface area contributed by atoms with E-state index in [0.29, 0.717) is 0 Å². The van der Waals surface area contributed by atoms with Gasteiger partial charge >= 0.3 is 6.03 Å². The van der Waals surface area contributed by atoms with Crippen LogP contribution < -0.4 is 5.32 Å². The Bertz CT molecular complexity index is 255. The van der Waals surface area contributed by atoms with E-state index in [1.165, 1.54) is 23.9 Å². The number of nitrogens with zero attached hydrogens (tertiary/aromatic N) is 1. The number of hydrogen-bond donors (Lipinski definition) is 2. The highest BCUT2D eigenvalue weighted by Crippen LogP contribution is 2.23. The number of carbonyl (C=O) groups is 1. The minimum absolute atomic E-state index is 0.113. The van der Waals surface area contributed by atoms with Crippen molar-refractivity contribution in [2.75, 3.05) is 11.5 Å². The van der Waals surface area contributed by atoms with Gasteiger partial charge in [-0.2, -0.15) is 0 Å². The number of rotatable bonds is 7. The van der Waals surface area contributed by atoms with Crippen molar-refractivity contribution in [1.82, 2.24) is 9.03 Å². The smallest absolute Gasteiger partial charge is 0.345 e. The van der Waals surface area contributed by atoms with Gasteiger partial charge in [-0.05, 0) is 50.6 Å². The van der Waals surface area contributed by atoms with Crippen molar-refractivity contribution < 1.29 is 9.53 Å². The molecule has 18 heavy (non-hydrogen) atoms. The Morgan fingerprint density at radius 2 is 1.78 bits per heavy atom. The summed E-state index contributed by atoms with van der Waals surface area (Å²) >= 11 is 2.92. The summed E-state index contributed by atoms with van der Waals surface area (Å²) < 4.78 is 6.67. The minimum atomic E-state index is -0.308. The molecule has 0 rings (SSSR count). The van der Waals surface area contributed by atoms with Crippen molar-refractivity contribution in [3.8, 4) is 0 Å². The molecule has 0 aliphatic carbocycles. The van der Waals surface area contributed by atoms with E-state index in [1.807, 2.05) is 13.8 Å². The molecule has 7 heteroatoms. The zero-order chi connectivity index (χ0) is 14.0. The molecule has 0 aromatic heterocycles. The fraction of sp³-hybridized carbons (Fsp3) is 0.818. The summed E-state index contributed by atoms with van der Waals surface area (Å²) in [5.41, 5.74) is 0. The van der Waals surface area contributed by atoms with E-state index in [1.54, 1.807) is 3.71 Å². The van der Waals surface area contributed by atoms with Gasteiger partial charge in [0.1, 0.15) is 0 Å². The molecule has 5 nitrogen and oxygen atoms in total. The number of amidine groups is 1. The van der Waals surface area contributed by atoms with Crippen molar-refractivity contribution >= 4 is 35.9 Å². The lowest BCUT2D eigenvalue weighted by molar-refractivity contribution is 0.208. The summed E-state index contributed by atoms with van der Waals surface area (Å²) in [6.45, 7) is 7.77. The molecule has 0 fully saturated rings. The molecule has 0 aliphatic heterocycles. The Kier molecular flexibility index (Phi) is 10.0. The molecule has 0 spiro atoms. The van der Waals surface area contributed by atoms with Gasteiger partial charge in [-0.3, -0.25) is 10.7 Å². The Balaban J connectivity index is 4.21. The van der Waals surface area contributed by atoms with Gasteiger partial charge in [-0.1, -0.05) is 13.8 Å². The van der Waals surface area contributed by atoms with E-state index < -0.39 is 0 Å². The molecule has 0 saturated heterocycles. The second-order valence-corrected chi connectivity index (χ2v) is 6.14. The number of hydrogen-bond acceptors (Lipinski definition) is 5. The molecular formula is C11H23N3O2S2. The van der Waals surface area contributed by atoms with Gasteiger partial charge in [-0.25, -0.2) is 8.51 Å². The molecule has 0 aromatic carbocycles. The molecule has 0 radical (unpaired) electrons. The third-order valence-electron chi connectivity index (χ3n) is 1.57. The molecule has 0 atom stereocenters. The van der Waals surface area contributed by atoms with Crippen molar-refractivity contribution in [3.05, 3.63) is 0 Å². The van der Waals surface area contributed by atoms with Crippen LogP contribution >= 0.6 is 23.9 Å². The molecule has 0 unspecified atom stereocenters. The zero-order valence-corrected chi connectivity index (χ0v) is 13.1. The number of ether oxygens (including phenoxy) is 1. The number of nitrogens with one attached hydrogen (secondary N) is 2. The first-order chi connectivity index (χ1) is 8.51. The van der Waals surface area contributed by atoms with Crippen LogP contribution in [0, 0.1) is 5.41 Å². The molecular weight excluding hydrogens is 270 g/mol. The summed E-state index contributed by atoms with van der Waals surface area (Å²) in [5, 5.41) is 9.93. The predicted octanol–water partition coefficient (Wildman–Crippen LogP) is 3.47. The first kappa shape index (κ1) is 17.4. The van der Waals surface area contributed by atoms with Crippen LogP contribution in [0.4, 0.5) is 4.79 Å². The van der Waals surface area contributed by atoms with Gasteiger partial charge in [0.15, 0.2) is 0 Å². The van der Waals surface area contributed by atoms with Gasteiger partial charge < -0.3 is 4.74 Å². The first-order valence-electron chi connectivity index (χ1n) is 6.13. The second kappa shape index (κ2) is 10.4. The number of carbonyl (C=O) groups excluding carboxylic acids is 1. The molecule has 0 aliphatic rings. The van der Waals surface area contributed by atoms with Crippen molar-refractivity contribution in [3.63, 3.8) is 0 Å². The normalized spacial score (nSPS) is 10.3. The lowest BCUT2D eigenvalue weighted by Gasteiger charge is -2.20. The van der Waals surface area contributed by atoms with E-state index in [0.717, 1.165) is 24.3 Å². The van der Waals surface area contributed by atoms with Crippen LogP contribution in [0.1, 0.15) is 40.5 Å². The SMILES string of the molecule is CCCSN(SCCC)C(=O)NC(=N)OC(C)C. The lowest BCUT2D eigenvalue weighted by atomic mass is 10.5. The summed E-state index contributed by atoms with van der Waals surface area (Å²) in [4.78, 5) is 11.9. The van der Waals surface area contributed by atoms with E-state index >= 15 is 0 Å².